The summed E-state index contributed by atoms with van der Waals surface area (Å²) in [5, 5.41) is 6.50. The minimum absolute atomic E-state index is 0.000921. The Morgan fingerprint density at radius 3 is 2.57 bits per heavy atom. The number of halogens is 1. The molecule has 1 aromatic carbocycles. The number of nitrogens with zero attached hydrogens (tertiary/aromatic N) is 1. The molecule has 2 N–H and O–H groups in total. The number of rotatable bonds is 4. The van der Waals surface area contributed by atoms with Gasteiger partial charge in [-0.05, 0) is 49.9 Å². The van der Waals surface area contributed by atoms with Crippen molar-refractivity contribution in [1.29, 1.82) is 0 Å². The second kappa shape index (κ2) is 7.88. The van der Waals surface area contributed by atoms with Crippen LogP contribution in [0.1, 0.15) is 37.7 Å². The van der Waals surface area contributed by atoms with E-state index in [1.165, 1.54) is 18.6 Å². The lowest BCUT2D eigenvalue weighted by Gasteiger charge is -2.33. The van der Waals surface area contributed by atoms with Gasteiger partial charge in [0.1, 0.15) is 5.82 Å². The number of piperidine rings is 2. The van der Waals surface area contributed by atoms with Crippen LogP contribution in [0.25, 0.3) is 0 Å². The maximum absolute atomic E-state index is 12.9. The normalized spacial score (nSPS) is 23.6. The number of hydrogen-bond acceptors (Lipinski definition) is 3. The predicted octanol–water partition coefficient (Wildman–Crippen LogP) is 2.05. The van der Waals surface area contributed by atoms with Gasteiger partial charge in [0.2, 0.25) is 5.91 Å². The largest absolute Gasteiger partial charge is 0.352 e. The molecule has 23 heavy (non-hydrogen) atoms. The zero-order valence-electron chi connectivity index (χ0n) is 13.6. The summed E-state index contributed by atoms with van der Waals surface area (Å²) in [6.07, 6.45) is 5.24. The average Bonchev–Trinajstić information content (AvgIpc) is 2.59. The van der Waals surface area contributed by atoms with Crippen molar-refractivity contribution < 1.29 is 9.18 Å². The zero-order chi connectivity index (χ0) is 16.1. The van der Waals surface area contributed by atoms with Gasteiger partial charge in [0.15, 0.2) is 0 Å². The van der Waals surface area contributed by atoms with Crippen molar-refractivity contribution in [1.82, 2.24) is 15.5 Å². The van der Waals surface area contributed by atoms with Crippen molar-refractivity contribution in [3.8, 4) is 0 Å². The van der Waals surface area contributed by atoms with Crippen LogP contribution in [0.4, 0.5) is 4.39 Å². The molecule has 0 aromatic heterocycles. The van der Waals surface area contributed by atoms with E-state index in [2.05, 4.69) is 15.5 Å². The SMILES string of the molecule is O=C(NC1CCN(Cc2ccc(F)cc2)CC1)[C@H]1CCCCN1. The van der Waals surface area contributed by atoms with Gasteiger partial charge in [-0.15, -0.1) is 0 Å². The molecule has 5 heteroatoms. The van der Waals surface area contributed by atoms with E-state index >= 15 is 0 Å². The molecule has 0 aliphatic carbocycles. The van der Waals surface area contributed by atoms with Crippen molar-refractivity contribution in [2.24, 2.45) is 0 Å². The third-order valence-corrected chi connectivity index (χ3v) is 4.88. The van der Waals surface area contributed by atoms with Crippen LogP contribution in [0.5, 0.6) is 0 Å². The Balaban J connectivity index is 1.41. The fourth-order valence-electron chi connectivity index (χ4n) is 3.46. The van der Waals surface area contributed by atoms with Gasteiger partial charge in [-0.2, -0.15) is 0 Å². The maximum atomic E-state index is 12.9. The number of hydrogen-bond donors (Lipinski definition) is 2. The quantitative estimate of drug-likeness (QED) is 0.893. The molecule has 0 unspecified atom stereocenters. The molecule has 2 saturated heterocycles. The molecule has 1 aromatic rings. The van der Waals surface area contributed by atoms with Gasteiger partial charge in [0, 0.05) is 25.7 Å². The van der Waals surface area contributed by atoms with E-state index in [9.17, 15) is 9.18 Å². The summed E-state index contributed by atoms with van der Waals surface area (Å²) in [6, 6.07) is 7.01. The van der Waals surface area contributed by atoms with Crippen LogP contribution in [0, 0.1) is 5.82 Å². The second-order valence-corrected chi connectivity index (χ2v) is 6.69. The lowest BCUT2D eigenvalue weighted by molar-refractivity contribution is -0.124. The molecular weight excluding hydrogens is 293 g/mol. The summed E-state index contributed by atoms with van der Waals surface area (Å²) >= 11 is 0. The topological polar surface area (TPSA) is 44.4 Å². The Morgan fingerprint density at radius 1 is 1.17 bits per heavy atom. The Morgan fingerprint density at radius 2 is 1.91 bits per heavy atom. The Kier molecular flexibility index (Phi) is 5.62. The standard InChI is InChI=1S/C18H26FN3O/c19-15-6-4-14(5-7-15)13-22-11-8-16(9-12-22)21-18(23)17-3-1-2-10-20-17/h4-7,16-17,20H,1-3,8-13H2,(H,21,23)/t17-/m1/s1. The first-order valence-corrected chi connectivity index (χ1v) is 8.71. The number of carbonyl (C=O) groups excluding carboxylic acids is 1. The van der Waals surface area contributed by atoms with E-state index in [1.807, 2.05) is 12.1 Å². The summed E-state index contributed by atoms with van der Waals surface area (Å²) in [7, 11) is 0. The molecule has 2 aliphatic rings. The first-order valence-electron chi connectivity index (χ1n) is 8.71. The first kappa shape index (κ1) is 16.4. The molecule has 0 spiro atoms. The third-order valence-electron chi connectivity index (χ3n) is 4.88. The summed E-state index contributed by atoms with van der Waals surface area (Å²) in [6.45, 7) is 3.75. The van der Waals surface area contributed by atoms with Crippen LogP contribution < -0.4 is 10.6 Å². The summed E-state index contributed by atoms with van der Waals surface area (Å²) in [5.74, 6) is -0.0202. The lowest BCUT2D eigenvalue weighted by Crippen LogP contribution is -2.52. The van der Waals surface area contributed by atoms with E-state index in [-0.39, 0.29) is 23.8 Å². The van der Waals surface area contributed by atoms with E-state index in [0.717, 1.165) is 57.4 Å². The van der Waals surface area contributed by atoms with Gasteiger partial charge < -0.3 is 10.6 Å². The summed E-state index contributed by atoms with van der Waals surface area (Å²) in [4.78, 5) is 14.6. The molecule has 0 bridgehead atoms. The molecule has 2 fully saturated rings. The van der Waals surface area contributed by atoms with Gasteiger partial charge in [-0.3, -0.25) is 9.69 Å². The first-order chi connectivity index (χ1) is 11.2. The highest BCUT2D eigenvalue weighted by atomic mass is 19.1. The van der Waals surface area contributed by atoms with Crippen molar-refractivity contribution in [2.75, 3.05) is 19.6 Å². The second-order valence-electron chi connectivity index (χ2n) is 6.69. The lowest BCUT2D eigenvalue weighted by atomic mass is 10.0. The number of carbonyl (C=O) groups is 1. The molecule has 4 nitrogen and oxygen atoms in total. The number of benzene rings is 1. The summed E-state index contributed by atoms with van der Waals surface area (Å²) < 4.78 is 12.9. The van der Waals surface area contributed by atoms with Crippen LogP contribution in [-0.4, -0.2) is 42.5 Å². The van der Waals surface area contributed by atoms with Crippen LogP contribution in [0.3, 0.4) is 0 Å². The highest BCUT2D eigenvalue weighted by molar-refractivity contribution is 5.82. The number of likely N-dealkylation sites (tertiary alicyclic amines) is 1. The average molecular weight is 319 g/mol. The fraction of sp³-hybridized carbons (Fsp3) is 0.611. The zero-order valence-corrected chi connectivity index (χ0v) is 13.6. The van der Waals surface area contributed by atoms with Crippen LogP contribution in [0.15, 0.2) is 24.3 Å². The Bertz CT molecular complexity index is 506. The van der Waals surface area contributed by atoms with Crippen molar-refractivity contribution in [3.05, 3.63) is 35.6 Å². The van der Waals surface area contributed by atoms with Gasteiger partial charge in [0.25, 0.3) is 0 Å². The monoisotopic (exact) mass is 319 g/mol. The molecule has 2 heterocycles. The van der Waals surface area contributed by atoms with Crippen molar-refractivity contribution in [3.63, 3.8) is 0 Å². The fourth-order valence-corrected chi connectivity index (χ4v) is 3.46. The molecular formula is C18H26FN3O. The number of amides is 1. The van der Waals surface area contributed by atoms with Gasteiger partial charge in [0.05, 0.1) is 6.04 Å². The molecule has 1 atom stereocenters. The molecule has 0 radical (unpaired) electrons. The molecule has 0 saturated carbocycles. The Hall–Kier alpha value is -1.46. The third kappa shape index (κ3) is 4.75. The van der Waals surface area contributed by atoms with E-state index in [4.69, 9.17) is 0 Å². The minimum Gasteiger partial charge on any atom is -0.352 e. The van der Waals surface area contributed by atoms with E-state index < -0.39 is 0 Å². The molecule has 1 amide bonds. The predicted molar refractivity (Wildman–Crippen MR) is 88.5 cm³/mol. The highest BCUT2D eigenvalue weighted by Crippen LogP contribution is 2.15. The smallest absolute Gasteiger partial charge is 0.237 e. The van der Waals surface area contributed by atoms with E-state index in [0.29, 0.717) is 0 Å². The summed E-state index contributed by atoms with van der Waals surface area (Å²) in [5.41, 5.74) is 1.14. The molecule has 3 rings (SSSR count). The van der Waals surface area contributed by atoms with Gasteiger partial charge >= 0.3 is 0 Å². The molecule has 2 aliphatic heterocycles. The van der Waals surface area contributed by atoms with Gasteiger partial charge in [-0.25, -0.2) is 4.39 Å². The van der Waals surface area contributed by atoms with Crippen molar-refractivity contribution >= 4 is 5.91 Å². The van der Waals surface area contributed by atoms with Crippen LogP contribution in [-0.2, 0) is 11.3 Å². The Labute approximate surface area is 137 Å². The molecule has 126 valence electrons. The minimum atomic E-state index is -0.188. The van der Waals surface area contributed by atoms with Crippen molar-refractivity contribution in [2.45, 2.75) is 50.7 Å². The van der Waals surface area contributed by atoms with E-state index in [1.54, 1.807) is 0 Å². The van der Waals surface area contributed by atoms with Gasteiger partial charge in [-0.1, -0.05) is 18.6 Å². The highest BCUT2D eigenvalue weighted by Gasteiger charge is 2.25. The van der Waals surface area contributed by atoms with Crippen LogP contribution >= 0.6 is 0 Å². The van der Waals surface area contributed by atoms with Crippen LogP contribution in [0.2, 0.25) is 0 Å². The maximum Gasteiger partial charge on any atom is 0.237 e. The number of nitrogens with one attached hydrogen (secondary N) is 2.